The van der Waals surface area contributed by atoms with E-state index in [0.29, 0.717) is 0 Å². The Morgan fingerprint density at radius 2 is 2.10 bits per heavy atom. The number of carbonyl (C=O) groups excluding carboxylic acids is 2. The van der Waals surface area contributed by atoms with Crippen molar-refractivity contribution >= 4 is 12.0 Å². The quantitative estimate of drug-likeness (QED) is 0.869. The van der Waals surface area contributed by atoms with E-state index < -0.39 is 11.7 Å². The van der Waals surface area contributed by atoms with Gasteiger partial charge in [-0.25, -0.2) is 9.78 Å². The van der Waals surface area contributed by atoms with E-state index in [9.17, 15) is 9.59 Å². The number of likely N-dealkylation sites (N-methyl/N-ethyl adjacent to an activating group) is 1. The second-order valence-corrected chi connectivity index (χ2v) is 5.49. The van der Waals surface area contributed by atoms with Gasteiger partial charge in [-0.3, -0.25) is 4.79 Å². The van der Waals surface area contributed by atoms with Gasteiger partial charge < -0.3 is 19.9 Å². The van der Waals surface area contributed by atoms with Crippen LogP contribution in [0.15, 0.2) is 12.5 Å². The SMILES string of the molecule is CNC(=O)Cn1cncc1[C@@H](C)NC(=O)OC(C)(C)C. The van der Waals surface area contributed by atoms with Crippen molar-refractivity contribution < 1.29 is 14.3 Å². The minimum absolute atomic E-state index is 0.131. The van der Waals surface area contributed by atoms with Crippen LogP contribution >= 0.6 is 0 Å². The number of nitrogens with zero attached hydrogens (tertiary/aromatic N) is 2. The van der Waals surface area contributed by atoms with Gasteiger partial charge in [0.25, 0.3) is 0 Å². The third kappa shape index (κ3) is 4.91. The predicted molar refractivity (Wildman–Crippen MR) is 74.1 cm³/mol. The van der Waals surface area contributed by atoms with E-state index in [1.165, 1.54) is 0 Å². The fourth-order valence-corrected chi connectivity index (χ4v) is 1.62. The molecule has 2 amide bonds. The molecule has 1 aromatic heterocycles. The van der Waals surface area contributed by atoms with Gasteiger partial charge in [-0.1, -0.05) is 0 Å². The summed E-state index contributed by atoms with van der Waals surface area (Å²) in [5, 5.41) is 5.26. The Hall–Kier alpha value is -2.05. The van der Waals surface area contributed by atoms with Crippen molar-refractivity contribution in [3.63, 3.8) is 0 Å². The van der Waals surface area contributed by atoms with Gasteiger partial charge in [0, 0.05) is 7.05 Å². The van der Waals surface area contributed by atoms with Crippen LogP contribution in [0.3, 0.4) is 0 Å². The van der Waals surface area contributed by atoms with Gasteiger partial charge in [0.15, 0.2) is 0 Å². The largest absolute Gasteiger partial charge is 0.444 e. The molecule has 7 heteroatoms. The highest BCUT2D eigenvalue weighted by Gasteiger charge is 2.20. The lowest BCUT2D eigenvalue weighted by Gasteiger charge is -2.22. The standard InChI is InChI=1S/C13H22N4O3/c1-9(16-12(19)20-13(2,3)4)10-6-15-8-17(10)7-11(18)14-5/h6,8-9H,7H2,1-5H3,(H,14,18)(H,16,19)/t9-/m1/s1. The summed E-state index contributed by atoms with van der Waals surface area (Å²) >= 11 is 0. The van der Waals surface area contributed by atoms with Crippen molar-refractivity contribution in [2.24, 2.45) is 0 Å². The molecule has 1 heterocycles. The molecule has 0 unspecified atom stereocenters. The third-order valence-corrected chi connectivity index (χ3v) is 2.51. The molecular weight excluding hydrogens is 260 g/mol. The second kappa shape index (κ2) is 6.40. The first-order valence-electron chi connectivity index (χ1n) is 6.43. The fraction of sp³-hybridized carbons (Fsp3) is 0.615. The minimum Gasteiger partial charge on any atom is -0.444 e. The minimum atomic E-state index is -0.549. The van der Waals surface area contributed by atoms with Crippen molar-refractivity contribution in [2.75, 3.05) is 7.05 Å². The molecule has 1 aromatic rings. The molecule has 7 nitrogen and oxygen atoms in total. The van der Waals surface area contributed by atoms with Crippen LogP contribution in [0.1, 0.15) is 39.4 Å². The Kier molecular flexibility index (Phi) is 5.12. The zero-order chi connectivity index (χ0) is 15.3. The number of hydrogen-bond acceptors (Lipinski definition) is 4. The van der Waals surface area contributed by atoms with Crippen molar-refractivity contribution in [3.05, 3.63) is 18.2 Å². The van der Waals surface area contributed by atoms with Gasteiger partial charge >= 0.3 is 6.09 Å². The van der Waals surface area contributed by atoms with Gasteiger partial charge in [-0.15, -0.1) is 0 Å². The van der Waals surface area contributed by atoms with Crippen LogP contribution in [0, 0.1) is 0 Å². The monoisotopic (exact) mass is 282 g/mol. The van der Waals surface area contributed by atoms with Gasteiger partial charge in [-0.2, -0.15) is 0 Å². The molecule has 1 atom stereocenters. The van der Waals surface area contributed by atoms with E-state index in [0.717, 1.165) is 5.69 Å². The summed E-state index contributed by atoms with van der Waals surface area (Å²) in [5.41, 5.74) is 0.186. The average Bonchev–Trinajstić information content (AvgIpc) is 2.74. The van der Waals surface area contributed by atoms with Gasteiger partial charge in [0.05, 0.1) is 24.3 Å². The molecule has 2 N–H and O–H groups in total. The molecular formula is C13H22N4O3. The van der Waals surface area contributed by atoms with Crippen molar-refractivity contribution in [1.29, 1.82) is 0 Å². The summed E-state index contributed by atoms with van der Waals surface area (Å²) in [7, 11) is 1.57. The van der Waals surface area contributed by atoms with E-state index >= 15 is 0 Å². The molecule has 112 valence electrons. The van der Waals surface area contributed by atoms with Gasteiger partial charge in [0.2, 0.25) is 5.91 Å². The topological polar surface area (TPSA) is 85.3 Å². The van der Waals surface area contributed by atoms with Gasteiger partial charge in [-0.05, 0) is 27.7 Å². The summed E-state index contributed by atoms with van der Waals surface area (Å²) in [6, 6.07) is -0.308. The second-order valence-electron chi connectivity index (χ2n) is 5.49. The molecule has 0 bridgehead atoms. The molecule has 0 aliphatic carbocycles. The summed E-state index contributed by atoms with van der Waals surface area (Å²) in [6.45, 7) is 7.36. The molecule has 0 aliphatic rings. The van der Waals surface area contributed by atoms with Crippen LogP contribution in [0.5, 0.6) is 0 Å². The highest BCUT2D eigenvalue weighted by atomic mass is 16.6. The van der Waals surface area contributed by atoms with Crippen LogP contribution < -0.4 is 10.6 Å². The number of amides is 2. The third-order valence-electron chi connectivity index (χ3n) is 2.51. The van der Waals surface area contributed by atoms with E-state index in [1.807, 2.05) is 0 Å². The van der Waals surface area contributed by atoms with E-state index in [-0.39, 0.29) is 18.5 Å². The van der Waals surface area contributed by atoms with Crippen LogP contribution in [-0.2, 0) is 16.1 Å². The summed E-state index contributed by atoms with van der Waals surface area (Å²) < 4.78 is 6.87. The highest BCUT2D eigenvalue weighted by Crippen LogP contribution is 2.13. The zero-order valence-corrected chi connectivity index (χ0v) is 12.6. The molecule has 0 saturated carbocycles. The maximum atomic E-state index is 11.7. The number of alkyl carbamates (subject to hydrolysis) is 1. The number of aromatic nitrogens is 2. The highest BCUT2D eigenvalue weighted by molar-refractivity contribution is 5.75. The molecule has 0 aromatic carbocycles. The molecule has 1 rings (SSSR count). The molecule has 0 aliphatic heterocycles. The van der Waals surface area contributed by atoms with Crippen LogP contribution in [0.2, 0.25) is 0 Å². The molecule has 0 fully saturated rings. The number of hydrogen-bond donors (Lipinski definition) is 2. The first kappa shape index (κ1) is 16.0. The number of rotatable bonds is 4. The summed E-state index contributed by atoms with van der Waals surface area (Å²) in [6.07, 6.45) is 2.67. The Morgan fingerprint density at radius 3 is 2.65 bits per heavy atom. The lowest BCUT2D eigenvalue weighted by Crippen LogP contribution is -2.35. The van der Waals surface area contributed by atoms with Crippen LogP contribution in [0.25, 0.3) is 0 Å². The maximum absolute atomic E-state index is 11.7. The lowest BCUT2D eigenvalue weighted by atomic mass is 10.2. The van der Waals surface area contributed by atoms with Crippen molar-refractivity contribution in [2.45, 2.75) is 45.9 Å². The molecule has 0 saturated heterocycles. The van der Waals surface area contributed by atoms with Crippen molar-refractivity contribution in [1.82, 2.24) is 20.2 Å². The van der Waals surface area contributed by atoms with Crippen LogP contribution in [-0.4, -0.2) is 34.2 Å². The number of imidazole rings is 1. The molecule has 20 heavy (non-hydrogen) atoms. The number of ether oxygens (including phenoxy) is 1. The summed E-state index contributed by atoms with van der Waals surface area (Å²) in [4.78, 5) is 27.1. The van der Waals surface area contributed by atoms with Crippen LogP contribution in [0.4, 0.5) is 4.79 Å². The Morgan fingerprint density at radius 1 is 1.45 bits per heavy atom. The summed E-state index contributed by atoms with van der Waals surface area (Å²) in [5.74, 6) is -0.131. The molecule has 0 radical (unpaired) electrons. The van der Waals surface area contributed by atoms with Gasteiger partial charge in [0.1, 0.15) is 12.1 Å². The average molecular weight is 282 g/mol. The Labute approximate surface area is 118 Å². The zero-order valence-electron chi connectivity index (χ0n) is 12.6. The smallest absolute Gasteiger partial charge is 0.408 e. The Balaban J connectivity index is 2.68. The molecule has 0 spiro atoms. The normalized spacial score (nSPS) is 12.7. The first-order chi connectivity index (χ1) is 9.23. The Bertz CT molecular complexity index is 476. The number of nitrogens with one attached hydrogen (secondary N) is 2. The van der Waals surface area contributed by atoms with E-state index in [2.05, 4.69) is 15.6 Å². The number of carbonyl (C=O) groups is 2. The predicted octanol–water partition coefficient (Wildman–Crippen LogP) is 1.21. The maximum Gasteiger partial charge on any atom is 0.408 e. The first-order valence-corrected chi connectivity index (χ1v) is 6.43. The fourth-order valence-electron chi connectivity index (χ4n) is 1.62. The van der Waals surface area contributed by atoms with Crippen molar-refractivity contribution in [3.8, 4) is 0 Å². The van der Waals surface area contributed by atoms with E-state index in [4.69, 9.17) is 4.74 Å². The van der Waals surface area contributed by atoms with E-state index in [1.54, 1.807) is 51.8 Å². The lowest BCUT2D eigenvalue weighted by molar-refractivity contribution is -0.121.